The molecule has 2 aliphatic carbocycles. The first-order valence-corrected chi connectivity index (χ1v) is 6.68. The minimum absolute atomic E-state index is 0.612. The van der Waals surface area contributed by atoms with Crippen molar-refractivity contribution in [3.63, 3.8) is 0 Å². The SMILES string of the molecule is C1CCC2(C1)CCN[C]2C12CNCC1C2. The molecule has 2 nitrogen and oxygen atoms in total. The molecule has 4 aliphatic rings. The van der Waals surface area contributed by atoms with Crippen LogP contribution in [0, 0.1) is 22.8 Å². The normalized spacial score (nSPS) is 47.6. The molecule has 0 aromatic carbocycles. The summed E-state index contributed by atoms with van der Waals surface area (Å²) in [7, 11) is 0. The summed E-state index contributed by atoms with van der Waals surface area (Å²) < 4.78 is 0. The second-order valence-corrected chi connectivity index (χ2v) is 6.23. The zero-order chi connectivity index (χ0) is 9.93. The third-order valence-corrected chi connectivity index (χ3v) is 5.56. The molecule has 4 rings (SSSR count). The number of hydrogen-bond donors (Lipinski definition) is 2. The van der Waals surface area contributed by atoms with Gasteiger partial charge in [-0.05, 0) is 50.1 Å². The van der Waals surface area contributed by atoms with Gasteiger partial charge in [0.1, 0.15) is 0 Å². The van der Waals surface area contributed by atoms with Gasteiger partial charge in [-0.2, -0.15) is 0 Å². The Morgan fingerprint density at radius 3 is 2.67 bits per heavy atom. The Kier molecular flexibility index (Phi) is 1.67. The van der Waals surface area contributed by atoms with E-state index in [9.17, 15) is 0 Å². The van der Waals surface area contributed by atoms with Crippen LogP contribution in [0.5, 0.6) is 0 Å². The minimum atomic E-state index is 0.612. The van der Waals surface area contributed by atoms with Gasteiger partial charge in [-0.1, -0.05) is 12.8 Å². The second-order valence-electron chi connectivity index (χ2n) is 6.23. The van der Waals surface area contributed by atoms with Crippen molar-refractivity contribution in [1.82, 2.24) is 10.6 Å². The Labute approximate surface area is 92.2 Å². The molecule has 2 N–H and O–H groups in total. The molecule has 2 aliphatic heterocycles. The van der Waals surface area contributed by atoms with Crippen LogP contribution in [0.2, 0.25) is 0 Å². The highest BCUT2D eigenvalue weighted by molar-refractivity contribution is 5.30. The van der Waals surface area contributed by atoms with E-state index in [0.29, 0.717) is 10.8 Å². The van der Waals surface area contributed by atoms with Crippen LogP contribution < -0.4 is 10.6 Å². The van der Waals surface area contributed by atoms with Crippen molar-refractivity contribution < 1.29 is 0 Å². The summed E-state index contributed by atoms with van der Waals surface area (Å²) in [4.78, 5) is 0. The van der Waals surface area contributed by atoms with Crippen molar-refractivity contribution in [2.75, 3.05) is 19.6 Å². The predicted octanol–water partition coefficient (Wildman–Crippen LogP) is 1.68. The van der Waals surface area contributed by atoms with E-state index >= 15 is 0 Å². The smallest absolute Gasteiger partial charge is 0.0505 e. The molecule has 4 fully saturated rings. The number of rotatable bonds is 1. The maximum Gasteiger partial charge on any atom is 0.0505 e. The molecule has 2 saturated heterocycles. The molecule has 0 aromatic rings. The van der Waals surface area contributed by atoms with Crippen molar-refractivity contribution in [3.8, 4) is 0 Å². The lowest BCUT2D eigenvalue weighted by molar-refractivity contribution is 0.268. The summed E-state index contributed by atoms with van der Waals surface area (Å²) >= 11 is 0. The Bertz CT molecular complexity index is 277. The molecule has 15 heavy (non-hydrogen) atoms. The lowest BCUT2D eigenvalue weighted by Gasteiger charge is -2.35. The quantitative estimate of drug-likeness (QED) is 0.680. The maximum atomic E-state index is 3.79. The summed E-state index contributed by atoms with van der Waals surface area (Å²) in [6, 6.07) is 1.79. The molecule has 83 valence electrons. The standard InChI is InChI=1S/C13H21N2/c1-2-4-12(3-1)5-6-15-11(12)13-7-10(13)8-14-9-13/h10,14-15H,1-9H2. The Balaban J connectivity index is 1.65. The molecule has 2 saturated carbocycles. The number of hydrogen-bond acceptors (Lipinski definition) is 2. The third kappa shape index (κ3) is 1.03. The van der Waals surface area contributed by atoms with E-state index in [1.807, 2.05) is 0 Å². The Morgan fingerprint density at radius 2 is 2.00 bits per heavy atom. The largest absolute Gasteiger partial charge is 0.316 e. The molecule has 2 heteroatoms. The first kappa shape index (κ1) is 9.00. The van der Waals surface area contributed by atoms with Gasteiger partial charge in [0.05, 0.1) is 6.04 Å². The van der Waals surface area contributed by atoms with Crippen LogP contribution in [-0.4, -0.2) is 19.6 Å². The first-order chi connectivity index (χ1) is 7.36. The molecular formula is C13H21N2. The summed E-state index contributed by atoms with van der Waals surface area (Å²) in [5, 5.41) is 7.38. The van der Waals surface area contributed by atoms with E-state index in [1.54, 1.807) is 6.04 Å². The third-order valence-electron chi connectivity index (χ3n) is 5.56. The lowest BCUT2D eigenvalue weighted by Crippen LogP contribution is -2.37. The van der Waals surface area contributed by atoms with Crippen LogP contribution in [0.4, 0.5) is 0 Å². The molecular weight excluding hydrogens is 184 g/mol. The molecule has 1 spiro atoms. The van der Waals surface area contributed by atoms with Crippen molar-refractivity contribution >= 4 is 0 Å². The average Bonchev–Trinajstić information content (AvgIpc) is 2.75. The predicted molar refractivity (Wildman–Crippen MR) is 60.2 cm³/mol. The van der Waals surface area contributed by atoms with E-state index in [1.165, 1.54) is 58.2 Å². The fourth-order valence-electron chi connectivity index (χ4n) is 4.72. The monoisotopic (exact) mass is 205 g/mol. The fraction of sp³-hybridized carbons (Fsp3) is 0.923. The van der Waals surface area contributed by atoms with Crippen LogP contribution >= 0.6 is 0 Å². The number of nitrogens with one attached hydrogen (secondary N) is 2. The summed E-state index contributed by atoms with van der Waals surface area (Å²) in [6.07, 6.45) is 8.80. The van der Waals surface area contributed by atoms with Crippen molar-refractivity contribution in [2.24, 2.45) is 16.7 Å². The van der Waals surface area contributed by atoms with E-state index in [4.69, 9.17) is 0 Å². The van der Waals surface area contributed by atoms with Gasteiger partial charge in [0, 0.05) is 12.0 Å². The molecule has 1 radical (unpaired) electrons. The number of piperidine rings is 1. The first-order valence-electron chi connectivity index (χ1n) is 6.68. The highest BCUT2D eigenvalue weighted by Crippen LogP contribution is 2.68. The van der Waals surface area contributed by atoms with Gasteiger partial charge in [-0.3, -0.25) is 0 Å². The van der Waals surface area contributed by atoms with Gasteiger partial charge < -0.3 is 10.6 Å². The van der Waals surface area contributed by atoms with E-state index in [0.717, 1.165) is 5.92 Å². The highest BCUT2D eigenvalue weighted by atomic mass is 15.1. The second kappa shape index (κ2) is 2.78. The van der Waals surface area contributed by atoms with Gasteiger partial charge in [-0.25, -0.2) is 0 Å². The van der Waals surface area contributed by atoms with E-state index in [2.05, 4.69) is 10.6 Å². The summed E-state index contributed by atoms with van der Waals surface area (Å²) in [5.74, 6) is 0.982. The Hall–Kier alpha value is -0.0800. The minimum Gasteiger partial charge on any atom is -0.316 e. The fourth-order valence-corrected chi connectivity index (χ4v) is 4.72. The van der Waals surface area contributed by atoms with Crippen LogP contribution in [0.25, 0.3) is 0 Å². The summed E-state index contributed by atoms with van der Waals surface area (Å²) in [6.45, 7) is 3.80. The highest BCUT2D eigenvalue weighted by Gasteiger charge is 2.67. The van der Waals surface area contributed by atoms with Gasteiger partial charge in [0.25, 0.3) is 0 Å². The molecule has 0 bridgehead atoms. The topological polar surface area (TPSA) is 24.1 Å². The van der Waals surface area contributed by atoms with E-state index < -0.39 is 0 Å². The molecule has 2 heterocycles. The van der Waals surface area contributed by atoms with Crippen molar-refractivity contribution in [3.05, 3.63) is 6.04 Å². The number of fused-ring (bicyclic) bond motifs is 1. The molecule has 0 aromatic heterocycles. The lowest BCUT2D eigenvalue weighted by atomic mass is 9.72. The maximum absolute atomic E-state index is 3.79. The molecule has 2 unspecified atom stereocenters. The van der Waals surface area contributed by atoms with Gasteiger partial charge in [-0.15, -0.1) is 0 Å². The van der Waals surface area contributed by atoms with Crippen molar-refractivity contribution in [1.29, 1.82) is 0 Å². The van der Waals surface area contributed by atoms with Crippen LogP contribution in [-0.2, 0) is 0 Å². The van der Waals surface area contributed by atoms with E-state index in [-0.39, 0.29) is 0 Å². The zero-order valence-electron chi connectivity index (χ0n) is 9.44. The molecule has 0 amide bonds. The Morgan fingerprint density at radius 1 is 1.13 bits per heavy atom. The van der Waals surface area contributed by atoms with Crippen molar-refractivity contribution in [2.45, 2.75) is 38.5 Å². The van der Waals surface area contributed by atoms with Gasteiger partial charge in [0.2, 0.25) is 0 Å². The van der Waals surface area contributed by atoms with Crippen LogP contribution in [0.3, 0.4) is 0 Å². The average molecular weight is 205 g/mol. The van der Waals surface area contributed by atoms with Gasteiger partial charge >= 0.3 is 0 Å². The molecule has 2 atom stereocenters. The van der Waals surface area contributed by atoms with Crippen LogP contribution in [0.15, 0.2) is 0 Å². The summed E-state index contributed by atoms with van der Waals surface area (Å²) in [5.41, 5.74) is 1.25. The van der Waals surface area contributed by atoms with Crippen LogP contribution in [0.1, 0.15) is 38.5 Å². The van der Waals surface area contributed by atoms with Gasteiger partial charge in [0.15, 0.2) is 0 Å². The zero-order valence-corrected chi connectivity index (χ0v) is 9.44.